The molecule has 0 fully saturated rings. The second-order valence-corrected chi connectivity index (χ2v) is 6.39. The largest absolute Gasteiger partial charge is 0.492 e. The number of hydrogen-bond acceptors (Lipinski definition) is 6. The van der Waals surface area contributed by atoms with Crippen molar-refractivity contribution < 1.29 is 19.0 Å². The number of ether oxygens (including phenoxy) is 3. The predicted molar refractivity (Wildman–Crippen MR) is 109 cm³/mol. The number of pyridine rings is 1. The SMILES string of the molecule is CCOc1ccccc1Nc1cncc(C(=O)NCc2ccc3c(c2)OCO3)c1. The molecule has 2 aromatic carbocycles. The standard InChI is InChI=1S/C22H21N3O4/c1-2-27-19-6-4-3-5-18(19)25-17-10-16(12-23-13-17)22(26)24-11-15-7-8-20-21(9-15)29-14-28-20/h3-10,12-13,25H,2,11,14H2,1H3,(H,24,26). The van der Waals surface area contributed by atoms with Gasteiger partial charge in [0, 0.05) is 12.7 Å². The third-order valence-corrected chi connectivity index (χ3v) is 4.36. The molecule has 2 heterocycles. The van der Waals surface area contributed by atoms with Gasteiger partial charge in [-0.3, -0.25) is 9.78 Å². The molecule has 0 radical (unpaired) electrons. The van der Waals surface area contributed by atoms with Gasteiger partial charge in [-0.1, -0.05) is 18.2 Å². The van der Waals surface area contributed by atoms with E-state index >= 15 is 0 Å². The summed E-state index contributed by atoms with van der Waals surface area (Å²) in [6, 6.07) is 15.0. The predicted octanol–water partition coefficient (Wildman–Crippen LogP) is 3.88. The van der Waals surface area contributed by atoms with Gasteiger partial charge < -0.3 is 24.8 Å². The Morgan fingerprint density at radius 1 is 1.10 bits per heavy atom. The second-order valence-electron chi connectivity index (χ2n) is 6.39. The van der Waals surface area contributed by atoms with Crippen LogP contribution >= 0.6 is 0 Å². The molecular formula is C22H21N3O4. The first-order chi connectivity index (χ1) is 14.2. The molecule has 0 atom stereocenters. The van der Waals surface area contributed by atoms with Crippen LogP contribution in [0.2, 0.25) is 0 Å². The van der Waals surface area contributed by atoms with E-state index in [-0.39, 0.29) is 12.7 Å². The van der Waals surface area contributed by atoms with Crippen molar-refractivity contribution in [3.63, 3.8) is 0 Å². The number of para-hydroxylation sites is 2. The molecule has 1 amide bonds. The molecule has 1 aromatic heterocycles. The number of hydrogen-bond donors (Lipinski definition) is 2. The van der Waals surface area contributed by atoms with Crippen molar-refractivity contribution in [1.82, 2.24) is 10.3 Å². The molecule has 29 heavy (non-hydrogen) atoms. The Morgan fingerprint density at radius 3 is 2.86 bits per heavy atom. The number of nitrogens with zero attached hydrogens (tertiary/aromatic N) is 1. The summed E-state index contributed by atoms with van der Waals surface area (Å²) in [5, 5.41) is 6.16. The highest BCUT2D eigenvalue weighted by atomic mass is 16.7. The van der Waals surface area contributed by atoms with E-state index in [2.05, 4.69) is 15.6 Å². The topological polar surface area (TPSA) is 81.7 Å². The number of aromatic nitrogens is 1. The highest BCUT2D eigenvalue weighted by Crippen LogP contribution is 2.32. The molecule has 0 saturated heterocycles. The lowest BCUT2D eigenvalue weighted by Crippen LogP contribution is -2.23. The van der Waals surface area contributed by atoms with Crippen molar-refractivity contribution in [3.8, 4) is 17.2 Å². The minimum absolute atomic E-state index is 0.211. The Balaban J connectivity index is 1.42. The van der Waals surface area contributed by atoms with Crippen LogP contribution in [0.3, 0.4) is 0 Å². The molecule has 148 valence electrons. The van der Waals surface area contributed by atoms with E-state index in [1.165, 1.54) is 6.20 Å². The number of carbonyl (C=O) groups excluding carboxylic acids is 1. The Labute approximate surface area is 168 Å². The summed E-state index contributed by atoms with van der Waals surface area (Å²) in [4.78, 5) is 16.7. The zero-order chi connectivity index (χ0) is 20.1. The Bertz CT molecular complexity index is 1020. The van der Waals surface area contributed by atoms with Crippen molar-refractivity contribution in [2.45, 2.75) is 13.5 Å². The molecule has 1 aliphatic heterocycles. The van der Waals surface area contributed by atoms with Gasteiger partial charge in [0.15, 0.2) is 11.5 Å². The van der Waals surface area contributed by atoms with E-state index in [1.54, 1.807) is 12.3 Å². The van der Waals surface area contributed by atoms with Crippen molar-refractivity contribution >= 4 is 17.3 Å². The van der Waals surface area contributed by atoms with Crippen molar-refractivity contribution in [2.75, 3.05) is 18.7 Å². The number of amides is 1. The van der Waals surface area contributed by atoms with Crippen LogP contribution in [0.4, 0.5) is 11.4 Å². The summed E-state index contributed by atoms with van der Waals surface area (Å²) in [6.45, 7) is 3.10. The van der Waals surface area contributed by atoms with Crippen LogP contribution in [0.25, 0.3) is 0 Å². The molecule has 4 rings (SSSR count). The van der Waals surface area contributed by atoms with Crippen LogP contribution in [-0.4, -0.2) is 24.3 Å². The number of benzene rings is 2. The lowest BCUT2D eigenvalue weighted by Gasteiger charge is -2.12. The van der Waals surface area contributed by atoms with Gasteiger partial charge >= 0.3 is 0 Å². The number of carbonyl (C=O) groups is 1. The molecule has 2 N–H and O–H groups in total. The van der Waals surface area contributed by atoms with Gasteiger partial charge in [-0.2, -0.15) is 0 Å². The summed E-state index contributed by atoms with van der Waals surface area (Å²) in [5.41, 5.74) is 2.90. The highest BCUT2D eigenvalue weighted by Gasteiger charge is 2.14. The van der Waals surface area contributed by atoms with Crippen LogP contribution in [0.5, 0.6) is 17.2 Å². The summed E-state index contributed by atoms with van der Waals surface area (Å²) >= 11 is 0. The van der Waals surface area contributed by atoms with E-state index in [0.29, 0.717) is 30.2 Å². The second kappa shape index (κ2) is 8.52. The van der Waals surface area contributed by atoms with E-state index in [0.717, 1.165) is 22.7 Å². The van der Waals surface area contributed by atoms with Gasteiger partial charge in [0.1, 0.15) is 5.75 Å². The first kappa shape index (κ1) is 18.6. The molecule has 7 nitrogen and oxygen atoms in total. The molecule has 0 saturated carbocycles. The van der Waals surface area contributed by atoms with Crippen LogP contribution in [0.15, 0.2) is 60.9 Å². The average molecular weight is 391 g/mol. The van der Waals surface area contributed by atoms with Crippen LogP contribution < -0.4 is 24.8 Å². The maximum atomic E-state index is 12.6. The number of fused-ring (bicyclic) bond motifs is 1. The van der Waals surface area contributed by atoms with E-state index in [4.69, 9.17) is 14.2 Å². The van der Waals surface area contributed by atoms with E-state index < -0.39 is 0 Å². The van der Waals surface area contributed by atoms with E-state index in [9.17, 15) is 4.79 Å². The molecule has 1 aliphatic rings. The third kappa shape index (κ3) is 4.40. The summed E-state index contributed by atoms with van der Waals surface area (Å²) in [7, 11) is 0. The number of nitrogens with one attached hydrogen (secondary N) is 2. The van der Waals surface area contributed by atoms with Crippen LogP contribution in [0.1, 0.15) is 22.8 Å². The van der Waals surface area contributed by atoms with Gasteiger partial charge in [0.2, 0.25) is 6.79 Å². The van der Waals surface area contributed by atoms with Crippen LogP contribution in [-0.2, 0) is 6.54 Å². The van der Waals surface area contributed by atoms with Crippen molar-refractivity contribution in [1.29, 1.82) is 0 Å². The monoisotopic (exact) mass is 391 g/mol. The van der Waals surface area contributed by atoms with Gasteiger partial charge in [-0.25, -0.2) is 0 Å². The lowest BCUT2D eigenvalue weighted by molar-refractivity contribution is 0.0950. The van der Waals surface area contributed by atoms with Crippen molar-refractivity contribution in [2.24, 2.45) is 0 Å². The number of rotatable bonds is 7. The molecular weight excluding hydrogens is 370 g/mol. The Hall–Kier alpha value is -3.74. The van der Waals surface area contributed by atoms with Gasteiger partial charge in [-0.05, 0) is 42.8 Å². The smallest absolute Gasteiger partial charge is 0.253 e. The van der Waals surface area contributed by atoms with E-state index in [1.807, 2.05) is 49.4 Å². The van der Waals surface area contributed by atoms with Gasteiger partial charge in [-0.15, -0.1) is 0 Å². The van der Waals surface area contributed by atoms with Crippen molar-refractivity contribution in [3.05, 3.63) is 72.1 Å². The molecule has 0 unspecified atom stereocenters. The zero-order valence-corrected chi connectivity index (χ0v) is 16.0. The maximum absolute atomic E-state index is 12.6. The molecule has 3 aromatic rings. The minimum Gasteiger partial charge on any atom is -0.492 e. The minimum atomic E-state index is -0.211. The number of anilines is 2. The Morgan fingerprint density at radius 2 is 1.97 bits per heavy atom. The normalized spacial score (nSPS) is 11.8. The summed E-state index contributed by atoms with van der Waals surface area (Å²) in [5.74, 6) is 1.94. The lowest BCUT2D eigenvalue weighted by atomic mass is 10.2. The first-order valence-electron chi connectivity index (χ1n) is 9.33. The quantitative estimate of drug-likeness (QED) is 0.636. The molecule has 0 bridgehead atoms. The first-order valence-corrected chi connectivity index (χ1v) is 9.33. The van der Waals surface area contributed by atoms with Gasteiger partial charge in [0.25, 0.3) is 5.91 Å². The summed E-state index contributed by atoms with van der Waals surface area (Å²) in [6.07, 6.45) is 3.20. The molecule has 0 spiro atoms. The maximum Gasteiger partial charge on any atom is 0.253 e. The fourth-order valence-electron chi connectivity index (χ4n) is 2.97. The molecule has 7 heteroatoms. The van der Waals surface area contributed by atoms with Gasteiger partial charge in [0.05, 0.1) is 29.7 Å². The highest BCUT2D eigenvalue weighted by molar-refractivity contribution is 5.94. The summed E-state index contributed by atoms with van der Waals surface area (Å²) < 4.78 is 16.3. The fraction of sp³-hybridized carbons (Fsp3) is 0.182. The Kier molecular flexibility index (Phi) is 5.47. The molecule has 0 aliphatic carbocycles. The third-order valence-electron chi connectivity index (χ3n) is 4.36. The zero-order valence-electron chi connectivity index (χ0n) is 16.0. The average Bonchev–Trinajstić information content (AvgIpc) is 3.22. The van der Waals surface area contributed by atoms with Crippen LogP contribution in [0, 0.1) is 0 Å². The fourth-order valence-corrected chi connectivity index (χ4v) is 2.97.